The number of rotatable bonds is 7. The molecule has 23 heavy (non-hydrogen) atoms. The minimum atomic E-state index is -0.626. The predicted molar refractivity (Wildman–Crippen MR) is 89.4 cm³/mol. The molecular weight excluding hydrogens is 288 g/mol. The number of carboxylic acid groups (broad SMARTS) is 1. The average Bonchev–Trinajstić information content (AvgIpc) is 3.44. The molecule has 0 spiro atoms. The van der Waals surface area contributed by atoms with Gasteiger partial charge in [0.15, 0.2) is 0 Å². The van der Waals surface area contributed by atoms with E-state index in [2.05, 4.69) is 40.5 Å². The van der Waals surface area contributed by atoms with Crippen molar-refractivity contribution in [3.05, 3.63) is 35.9 Å². The standard InChI is InChI=1S/C19H26N2O2/c22-18(23)15-6-9-21(11-15)13-19(7-8-19)12-20-17-10-16(17)14-4-2-1-3-5-14/h1-5,15-17,20H,6-13H2,(H,22,23)/t15-,16?,17+/m1/s1. The molecule has 4 heteroatoms. The highest BCUT2D eigenvalue weighted by atomic mass is 16.4. The average molecular weight is 314 g/mol. The number of carboxylic acids is 1. The van der Waals surface area contributed by atoms with Crippen LogP contribution in [0, 0.1) is 11.3 Å². The normalized spacial score (nSPS) is 31.9. The third-order valence-corrected chi connectivity index (χ3v) is 5.90. The number of nitrogens with one attached hydrogen (secondary N) is 1. The van der Waals surface area contributed by atoms with Gasteiger partial charge in [0.1, 0.15) is 0 Å². The van der Waals surface area contributed by atoms with E-state index in [1.54, 1.807) is 0 Å². The lowest BCUT2D eigenvalue weighted by Gasteiger charge is -2.23. The fourth-order valence-electron chi connectivity index (χ4n) is 4.06. The first-order valence-electron chi connectivity index (χ1n) is 8.89. The van der Waals surface area contributed by atoms with Gasteiger partial charge in [-0.3, -0.25) is 4.79 Å². The first-order valence-corrected chi connectivity index (χ1v) is 8.89. The lowest BCUT2D eigenvalue weighted by molar-refractivity contribution is -0.141. The Morgan fingerprint density at radius 3 is 2.74 bits per heavy atom. The Morgan fingerprint density at radius 2 is 2.09 bits per heavy atom. The zero-order valence-corrected chi connectivity index (χ0v) is 13.6. The lowest BCUT2D eigenvalue weighted by Crippen LogP contribution is -2.36. The van der Waals surface area contributed by atoms with E-state index < -0.39 is 5.97 Å². The second kappa shape index (κ2) is 5.91. The van der Waals surface area contributed by atoms with Crippen LogP contribution in [0.5, 0.6) is 0 Å². The molecule has 1 aromatic rings. The van der Waals surface area contributed by atoms with Gasteiger partial charge in [0.25, 0.3) is 0 Å². The number of nitrogens with zero attached hydrogens (tertiary/aromatic N) is 1. The maximum absolute atomic E-state index is 11.1. The van der Waals surface area contributed by atoms with Crippen molar-refractivity contribution < 1.29 is 9.90 Å². The zero-order chi connectivity index (χ0) is 15.9. The first-order chi connectivity index (χ1) is 11.2. The van der Waals surface area contributed by atoms with Gasteiger partial charge in [0, 0.05) is 31.6 Å². The Kier molecular flexibility index (Phi) is 3.90. The molecule has 1 aliphatic heterocycles. The largest absolute Gasteiger partial charge is 0.481 e. The van der Waals surface area contributed by atoms with E-state index in [1.165, 1.54) is 24.8 Å². The predicted octanol–water partition coefficient (Wildman–Crippen LogP) is 2.32. The summed E-state index contributed by atoms with van der Waals surface area (Å²) in [5.74, 6) is -0.0843. The minimum absolute atomic E-state index is 0.148. The third kappa shape index (κ3) is 3.43. The van der Waals surface area contributed by atoms with E-state index >= 15 is 0 Å². The summed E-state index contributed by atoms with van der Waals surface area (Å²) < 4.78 is 0. The summed E-state index contributed by atoms with van der Waals surface area (Å²) in [4.78, 5) is 13.5. The molecule has 1 saturated heterocycles. The highest BCUT2D eigenvalue weighted by molar-refractivity contribution is 5.70. The van der Waals surface area contributed by atoms with E-state index in [0.717, 1.165) is 32.6 Å². The van der Waals surface area contributed by atoms with Gasteiger partial charge in [0.05, 0.1) is 5.92 Å². The van der Waals surface area contributed by atoms with Crippen molar-refractivity contribution in [3.8, 4) is 0 Å². The summed E-state index contributed by atoms with van der Waals surface area (Å²) >= 11 is 0. The minimum Gasteiger partial charge on any atom is -0.481 e. The van der Waals surface area contributed by atoms with Crippen molar-refractivity contribution in [2.75, 3.05) is 26.2 Å². The molecule has 0 radical (unpaired) electrons. The van der Waals surface area contributed by atoms with Crippen LogP contribution in [-0.2, 0) is 4.79 Å². The molecule has 0 bridgehead atoms. The van der Waals surface area contributed by atoms with Gasteiger partial charge in [0.2, 0.25) is 0 Å². The van der Waals surface area contributed by atoms with Gasteiger partial charge in [-0.1, -0.05) is 30.3 Å². The highest BCUT2D eigenvalue weighted by Gasteiger charge is 2.47. The van der Waals surface area contributed by atoms with Crippen molar-refractivity contribution in [2.45, 2.75) is 37.6 Å². The van der Waals surface area contributed by atoms with Crippen LogP contribution in [-0.4, -0.2) is 48.2 Å². The van der Waals surface area contributed by atoms with Crippen molar-refractivity contribution in [2.24, 2.45) is 11.3 Å². The fourth-order valence-corrected chi connectivity index (χ4v) is 4.06. The highest BCUT2D eigenvalue weighted by Crippen LogP contribution is 2.48. The smallest absolute Gasteiger partial charge is 0.307 e. The van der Waals surface area contributed by atoms with Gasteiger partial charge in [-0.05, 0) is 43.2 Å². The van der Waals surface area contributed by atoms with Crippen LogP contribution in [0.1, 0.15) is 37.2 Å². The molecule has 4 nitrogen and oxygen atoms in total. The Bertz CT molecular complexity index is 570. The molecule has 2 saturated carbocycles. The van der Waals surface area contributed by atoms with E-state index in [1.807, 2.05) is 0 Å². The molecule has 3 aliphatic rings. The fraction of sp³-hybridized carbons (Fsp3) is 0.632. The van der Waals surface area contributed by atoms with Crippen molar-refractivity contribution in [1.29, 1.82) is 0 Å². The van der Waals surface area contributed by atoms with Gasteiger partial charge in [-0.25, -0.2) is 0 Å². The SMILES string of the molecule is O=C(O)[C@@H]1CCN(CC2(CN[C@H]3CC3c3ccccc3)CC2)C1. The molecule has 124 valence electrons. The first kappa shape index (κ1) is 15.2. The number of aliphatic carboxylic acids is 1. The van der Waals surface area contributed by atoms with Crippen molar-refractivity contribution >= 4 is 5.97 Å². The Morgan fingerprint density at radius 1 is 1.30 bits per heavy atom. The third-order valence-electron chi connectivity index (χ3n) is 5.90. The quantitative estimate of drug-likeness (QED) is 0.811. The van der Waals surface area contributed by atoms with Crippen LogP contribution in [0.15, 0.2) is 30.3 Å². The van der Waals surface area contributed by atoms with Gasteiger partial charge in [-0.2, -0.15) is 0 Å². The molecule has 4 rings (SSSR count). The van der Waals surface area contributed by atoms with E-state index in [-0.39, 0.29) is 5.92 Å². The van der Waals surface area contributed by atoms with Crippen LogP contribution in [0.25, 0.3) is 0 Å². The lowest BCUT2D eigenvalue weighted by atomic mass is 10.1. The van der Waals surface area contributed by atoms with Gasteiger partial charge >= 0.3 is 5.97 Å². The van der Waals surface area contributed by atoms with E-state index in [4.69, 9.17) is 5.11 Å². The molecule has 1 unspecified atom stereocenters. The van der Waals surface area contributed by atoms with Crippen LogP contribution < -0.4 is 5.32 Å². The number of benzene rings is 1. The molecule has 0 aromatic heterocycles. The molecule has 3 atom stereocenters. The Balaban J connectivity index is 1.23. The number of carbonyl (C=O) groups is 1. The molecule has 2 N–H and O–H groups in total. The van der Waals surface area contributed by atoms with Crippen molar-refractivity contribution in [3.63, 3.8) is 0 Å². The maximum Gasteiger partial charge on any atom is 0.307 e. The summed E-state index contributed by atoms with van der Waals surface area (Å²) in [6.07, 6.45) is 4.65. The van der Waals surface area contributed by atoms with Crippen LogP contribution in [0.3, 0.4) is 0 Å². The monoisotopic (exact) mass is 314 g/mol. The Hall–Kier alpha value is -1.39. The van der Waals surface area contributed by atoms with Crippen LogP contribution >= 0.6 is 0 Å². The summed E-state index contributed by atoms with van der Waals surface area (Å²) in [5, 5.41) is 12.9. The van der Waals surface area contributed by atoms with Crippen LogP contribution in [0.2, 0.25) is 0 Å². The summed E-state index contributed by atoms with van der Waals surface area (Å²) in [6.45, 7) is 3.86. The Labute approximate surface area is 137 Å². The molecule has 2 aliphatic carbocycles. The molecule has 0 amide bonds. The maximum atomic E-state index is 11.1. The zero-order valence-electron chi connectivity index (χ0n) is 13.6. The molecule has 1 heterocycles. The van der Waals surface area contributed by atoms with E-state index in [0.29, 0.717) is 17.4 Å². The van der Waals surface area contributed by atoms with Crippen LogP contribution in [0.4, 0.5) is 0 Å². The molecule has 1 aromatic carbocycles. The van der Waals surface area contributed by atoms with E-state index in [9.17, 15) is 4.79 Å². The second-order valence-electron chi connectivity index (χ2n) is 7.80. The van der Waals surface area contributed by atoms with Gasteiger partial charge < -0.3 is 15.3 Å². The van der Waals surface area contributed by atoms with Gasteiger partial charge in [-0.15, -0.1) is 0 Å². The number of hydrogen-bond acceptors (Lipinski definition) is 3. The summed E-state index contributed by atoms with van der Waals surface area (Å²) in [5.41, 5.74) is 1.87. The molecular formula is C19H26N2O2. The summed E-state index contributed by atoms with van der Waals surface area (Å²) in [7, 11) is 0. The van der Waals surface area contributed by atoms with Crippen molar-refractivity contribution in [1.82, 2.24) is 10.2 Å². The molecule has 3 fully saturated rings. The number of likely N-dealkylation sites (tertiary alicyclic amines) is 1. The topological polar surface area (TPSA) is 52.6 Å². The summed E-state index contributed by atoms with van der Waals surface area (Å²) in [6, 6.07) is 11.4. The number of hydrogen-bond donors (Lipinski definition) is 2. The second-order valence-corrected chi connectivity index (χ2v) is 7.80.